The molecule has 1 heterocycles. The number of nitrogens with one attached hydrogen (secondary N) is 1. The van der Waals surface area contributed by atoms with Crippen molar-refractivity contribution in [1.29, 1.82) is 0 Å². The molecular formula is C11H16N2O3. The SMILES string of the molecule is Cc1cn([C@H]2CCCC[C@H]2O)c(=O)[nH]c1=O. The van der Waals surface area contributed by atoms with Crippen molar-refractivity contribution in [2.75, 3.05) is 0 Å². The van der Waals surface area contributed by atoms with Gasteiger partial charge in [0, 0.05) is 11.8 Å². The molecule has 5 nitrogen and oxygen atoms in total. The quantitative estimate of drug-likeness (QED) is 0.721. The lowest BCUT2D eigenvalue weighted by Crippen LogP contribution is -2.38. The van der Waals surface area contributed by atoms with Gasteiger partial charge in [-0.3, -0.25) is 14.3 Å². The van der Waals surface area contributed by atoms with Crippen molar-refractivity contribution in [2.45, 2.75) is 44.8 Å². The maximum Gasteiger partial charge on any atom is 0.328 e. The van der Waals surface area contributed by atoms with Gasteiger partial charge in [-0.05, 0) is 19.8 Å². The van der Waals surface area contributed by atoms with E-state index in [2.05, 4.69) is 4.98 Å². The van der Waals surface area contributed by atoms with Crippen LogP contribution in [0.25, 0.3) is 0 Å². The minimum absolute atomic E-state index is 0.197. The van der Waals surface area contributed by atoms with Crippen molar-refractivity contribution in [3.63, 3.8) is 0 Å². The predicted molar refractivity (Wildman–Crippen MR) is 59.6 cm³/mol. The second-order valence-corrected chi connectivity index (χ2v) is 4.40. The number of nitrogens with zero attached hydrogens (tertiary/aromatic N) is 1. The van der Waals surface area contributed by atoms with Crippen LogP contribution in [-0.2, 0) is 0 Å². The smallest absolute Gasteiger partial charge is 0.328 e. The number of H-pyrrole nitrogens is 1. The molecule has 88 valence electrons. The molecule has 1 aromatic heterocycles. The molecule has 1 aliphatic carbocycles. The normalized spacial score (nSPS) is 25.6. The van der Waals surface area contributed by atoms with Gasteiger partial charge in [0.15, 0.2) is 0 Å². The Labute approximate surface area is 92.7 Å². The van der Waals surface area contributed by atoms with Crippen molar-refractivity contribution < 1.29 is 5.11 Å². The Morgan fingerprint density at radius 2 is 2.06 bits per heavy atom. The van der Waals surface area contributed by atoms with E-state index in [1.807, 2.05) is 0 Å². The summed E-state index contributed by atoms with van der Waals surface area (Å²) in [7, 11) is 0. The summed E-state index contributed by atoms with van der Waals surface area (Å²) < 4.78 is 1.46. The first-order chi connectivity index (χ1) is 7.59. The first-order valence-electron chi connectivity index (χ1n) is 5.59. The lowest BCUT2D eigenvalue weighted by Gasteiger charge is -2.29. The third-order valence-electron chi connectivity index (χ3n) is 3.20. The van der Waals surface area contributed by atoms with Crippen LogP contribution in [0, 0.1) is 6.92 Å². The monoisotopic (exact) mass is 224 g/mol. The third-order valence-corrected chi connectivity index (χ3v) is 3.20. The topological polar surface area (TPSA) is 75.1 Å². The largest absolute Gasteiger partial charge is 0.391 e. The Morgan fingerprint density at radius 1 is 1.38 bits per heavy atom. The highest BCUT2D eigenvalue weighted by Gasteiger charge is 2.25. The molecule has 0 radical (unpaired) electrons. The van der Waals surface area contributed by atoms with Gasteiger partial charge < -0.3 is 5.11 Å². The summed E-state index contributed by atoms with van der Waals surface area (Å²) in [5, 5.41) is 9.86. The van der Waals surface area contributed by atoms with Crippen molar-refractivity contribution in [3.8, 4) is 0 Å². The van der Waals surface area contributed by atoms with Crippen LogP contribution in [0.4, 0.5) is 0 Å². The maximum atomic E-state index is 11.6. The van der Waals surface area contributed by atoms with E-state index in [0.717, 1.165) is 25.7 Å². The Morgan fingerprint density at radius 3 is 2.75 bits per heavy atom. The molecule has 2 atom stereocenters. The standard InChI is InChI=1S/C11H16N2O3/c1-7-6-13(11(16)12-10(7)15)8-4-2-3-5-9(8)14/h6,8-9,14H,2-5H2,1H3,(H,12,15,16)/t8-,9+/m0/s1. The van der Waals surface area contributed by atoms with Crippen LogP contribution < -0.4 is 11.2 Å². The van der Waals surface area contributed by atoms with Crippen LogP contribution in [-0.4, -0.2) is 20.8 Å². The van der Waals surface area contributed by atoms with Crippen LogP contribution in [0.1, 0.15) is 37.3 Å². The predicted octanol–water partition coefficient (Wildman–Crippen LogP) is 0.321. The van der Waals surface area contributed by atoms with E-state index in [9.17, 15) is 14.7 Å². The van der Waals surface area contributed by atoms with Gasteiger partial charge in [-0.15, -0.1) is 0 Å². The van der Waals surface area contributed by atoms with Crippen LogP contribution in [0.15, 0.2) is 15.8 Å². The molecule has 0 bridgehead atoms. The lowest BCUT2D eigenvalue weighted by molar-refractivity contribution is 0.0729. The first-order valence-corrected chi connectivity index (χ1v) is 5.59. The number of rotatable bonds is 1. The van der Waals surface area contributed by atoms with Gasteiger partial charge in [-0.25, -0.2) is 4.79 Å². The number of hydrogen-bond acceptors (Lipinski definition) is 3. The van der Waals surface area contributed by atoms with Gasteiger partial charge in [0.25, 0.3) is 5.56 Å². The summed E-state index contributed by atoms with van der Waals surface area (Å²) in [6.07, 6.45) is 4.56. The first kappa shape index (κ1) is 11.1. The van der Waals surface area contributed by atoms with Crippen LogP contribution >= 0.6 is 0 Å². The minimum atomic E-state index is -0.489. The zero-order chi connectivity index (χ0) is 11.7. The van der Waals surface area contributed by atoms with Crippen molar-refractivity contribution >= 4 is 0 Å². The van der Waals surface area contributed by atoms with E-state index >= 15 is 0 Å². The molecule has 1 aromatic rings. The Kier molecular flexibility index (Phi) is 2.96. The molecular weight excluding hydrogens is 208 g/mol. The Balaban J connectivity index is 2.43. The van der Waals surface area contributed by atoms with Crippen LogP contribution in [0.3, 0.4) is 0 Å². The number of aryl methyl sites for hydroxylation is 1. The second kappa shape index (κ2) is 4.25. The number of hydrogen-bond donors (Lipinski definition) is 2. The molecule has 0 spiro atoms. The summed E-state index contributed by atoms with van der Waals surface area (Å²) in [4.78, 5) is 25.1. The van der Waals surface area contributed by atoms with E-state index < -0.39 is 11.8 Å². The van der Waals surface area contributed by atoms with E-state index in [1.54, 1.807) is 13.1 Å². The average Bonchev–Trinajstić information content (AvgIpc) is 2.25. The lowest BCUT2D eigenvalue weighted by atomic mass is 9.92. The van der Waals surface area contributed by atoms with Crippen molar-refractivity contribution in [3.05, 3.63) is 32.6 Å². The summed E-state index contributed by atoms with van der Waals surface area (Å²) in [6.45, 7) is 1.66. The van der Waals surface area contributed by atoms with Crippen molar-refractivity contribution in [1.82, 2.24) is 9.55 Å². The van der Waals surface area contributed by atoms with Gasteiger partial charge in [0.1, 0.15) is 0 Å². The number of aliphatic hydroxyl groups excluding tert-OH is 1. The molecule has 0 aromatic carbocycles. The van der Waals surface area contributed by atoms with Crippen LogP contribution in [0.5, 0.6) is 0 Å². The van der Waals surface area contributed by atoms with Gasteiger partial charge in [-0.1, -0.05) is 12.8 Å². The number of aromatic amines is 1. The molecule has 5 heteroatoms. The molecule has 2 N–H and O–H groups in total. The van der Waals surface area contributed by atoms with Gasteiger partial charge in [0.2, 0.25) is 0 Å². The van der Waals surface area contributed by atoms with Gasteiger partial charge >= 0.3 is 5.69 Å². The summed E-state index contributed by atoms with van der Waals surface area (Å²) in [5.74, 6) is 0. The molecule has 16 heavy (non-hydrogen) atoms. The van der Waals surface area contributed by atoms with Crippen molar-refractivity contribution in [2.24, 2.45) is 0 Å². The number of aliphatic hydroxyl groups is 1. The highest BCUT2D eigenvalue weighted by atomic mass is 16.3. The molecule has 1 fully saturated rings. The summed E-state index contributed by atoms with van der Waals surface area (Å²) in [5.41, 5.74) is -0.287. The average molecular weight is 224 g/mol. The Bertz CT molecular complexity index is 489. The zero-order valence-corrected chi connectivity index (χ0v) is 9.27. The summed E-state index contributed by atoms with van der Waals surface area (Å²) in [6, 6.07) is -0.197. The molecule has 1 saturated carbocycles. The van der Waals surface area contributed by atoms with Gasteiger partial charge in [0.05, 0.1) is 12.1 Å². The fourth-order valence-electron chi connectivity index (χ4n) is 2.25. The highest BCUT2D eigenvalue weighted by molar-refractivity contribution is 5.02. The van der Waals surface area contributed by atoms with E-state index in [-0.39, 0.29) is 11.6 Å². The van der Waals surface area contributed by atoms with E-state index in [0.29, 0.717) is 5.56 Å². The fourth-order valence-corrected chi connectivity index (χ4v) is 2.25. The summed E-state index contributed by atoms with van der Waals surface area (Å²) >= 11 is 0. The third kappa shape index (κ3) is 1.95. The van der Waals surface area contributed by atoms with E-state index in [4.69, 9.17) is 0 Å². The van der Waals surface area contributed by atoms with E-state index in [1.165, 1.54) is 4.57 Å². The van der Waals surface area contributed by atoms with Crippen LogP contribution in [0.2, 0.25) is 0 Å². The zero-order valence-electron chi connectivity index (χ0n) is 9.27. The number of aromatic nitrogens is 2. The van der Waals surface area contributed by atoms with Gasteiger partial charge in [-0.2, -0.15) is 0 Å². The maximum absolute atomic E-state index is 11.6. The highest BCUT2D eigenvalue weighted by Crippen LogP contribution is 2.27. The molecule has 1 aliphatic rings. The minimum Gasteiger partial charge on any atom is -0.391 e. The second-order valence-electron chi connectivity index (χ2n) is 4.40. The molecule has 0 aliphatic heterocycles. The molecule has 0 amide bonds. The molecule has 0 saturated heterocycles. The fraction of sp³-hybridized carbons (Fsp3) is 0.636. The molecule has 0 unspecified atom stereocenters. The Hall–Kier alpha value is -1.36. The molecule has 2 rings (SSSR count).